The lowest BCUT2D eigenvalue weighted by Gasteiger charge is -2.22. The van der Waals surface area contributed by atoms with Crippen LogP contribution in [0, 0.1) is 12.7 Å². The Labute approximate surface area is 188 Å². The van der Waals surface area contributed by atoms with Gasteiger partial charge in [-0.25, -0.2) is 9.37 Å². The zero-order valence-corrected chi connectivity index (χ0v) is 18.0. The van der Waals surface area contributed by atoms with Gasteiger partial charge in [0.1, 0.15) is 11.7 Å². The summed E-state index contributed by atoms with van der Waals surface area (Å²) in [6.45, 7) is 2.32. The molecule has 0 bridgehead atoms. The zero-order valence-electron chi connectivity index (χ0n) is 18.0. The third-order valence-electron chi connectivity index (χ3n) is 5.50. The summed E-state index contributed by atoms with van der Waals surface area (Å²) in [6, 6.07) is 7.62. The lowest BCUT2D eigenvalue weighted by atomic mass is 10.1. The van der Waals surface area contributed by atoms with Crippen molar-refractivity contribution < 1.29 is 18.4 Å². The molecular formula is C22H20FN7O3. The number of amides is 1. The van der Waals surface area contributed by atoms with Crippen LogP contribution < -0.4 is 4.74 Å². The molecule has 0 aliphatic carbocycles. The molecule has 1 amide bonds. The predicted octanol–water partition coefficient (Wildman–Crippen LogP) is 3.15. The number of nitrogens with zero attached hydrogens (tertiary/aromatic N) is 7. The Bertz CT molecular complexity index is 1310. The number of carbonyl (C=O) groups excluding carboxylic acids is 1. The van der Waals surface area contributed by atoms with Crippen molar-refractivity contribution in [1.29, 1.82) is 0 Å². The molecule has 1 unspecified atom stereocenters. The summed E-state index contributed by atoms with van der Waals surface area (Å²) in [4.78, 5) is 25.5. The van der Waals surface area contributed by atoms with E-state index in [1.165, 1.54) is 30.4 Å². The Balaban J connectivity index is 1.48. The summed E-state index contributed by atoms with van der Waals surface area (Å²) in [7, 11) is 1.38. The number of aromatic nitrogens is 6. The summed E-state index contributed by atoms with van der Waals surface area (Å²) in [5.74, 6) is -0.310. The van der Waals surface area contributed by atoms with Crippen LogP contribution in [0.1, 0.15) is 41.0 Å². The van der Waals surface area contributed by atoms with E-state index in [9.17, 15) is 9.18 Å². The molecule has 4 aromatic rings. The molecule has 4 heterocycles. The molecule has 10 nitrogen and oxygen atoms in total. The average Bonchev–Trinajstić information content (AvgIpc) is 3.59. The van der Waals surface area contributed by atoms with E-state index in [1.807, 2.05) is 6.92 Å². The third kappa shape index (κ3) is 3.71. The lowest BCUT2D eigenvalue weighted by Crippen LogP contribution is -2.32. The van der Waals surface area contributed by atoms with Gasteiger partial charge in [-0.15, -0.1) is 4.80 Å². The number of para-hydroxylation sites is 1. The van der Waals surface area contributed by atoms with Crippen molar-refractivity contribution in [3.63, 3.8) is 0 Å². The number of hydrogen-bond acceptors (Lipinski definition) is 8. The van der Waals surface area contributed by atoms with Gasteiger partial charge in [-0.1, -0.05) is 11.2 Å². The maximum atomic E-state index is 14.1. The highest BCUT2D eigenvalue weighted by molar-refractivity contribution is 5.96. The van der Waals surface area contributed by atoms with E-state index in [0.29, 0.717) is 29.9 Å². The molecule has 3 aromatic heterocycles. The minimum atomic E-state index is -0.524. The molecule has 1 atom stereocenters. The number of benzene rings is 1. The molecule has 1 aliphatic rings. The van der Waals surface area contributed by atoms with Gasteiger partial charge in [0.05, 0.1) is 25.1 Å². The van der Waals surface area contributed by atoms with Crippen LogP contribution in [0.5, 0.6) is 5.75 Å². The molecule has 1 aromatic carbocycles. The molecule has 5 rings (SSSR count). The van der Waals surface area contributed by atoms with Crippen molar-refractivity contribution in [3.8, 4) is 22.8 Å². The number of likely N-dealkylation sites (tertiary alicyclic amines) is 1. The molecule has 0 N–H and O–H groups in total. The van der Waals surface area contributed by atoms with E-state index in [0.717, 1.165) is 6.42 Å². The first-order chi connectivity index (χ1) is 16.1. The van der Waals surface area contributed by atoms with Gasteiger partial charge in [-0.2, -0.15) is 15.2 Å². The molecule has 0 spiro atoms. The summed E-state index contributed by atoms with van der Waals surface area (Å²) in [5.41, 5.74) is 1.79. The first kappa shape index (κ1) is 20.7. The minimum absolute atomic E-state index is 0.0320. The molecule has 0 saturated carbocycles. The van der Waals surface area contributed by atoms with E-state index >= 15 is 0 Å². The van der Waals surface area contributed by atoms with Crippen LogP contribution in [0.3, 0.4) is 0 Å². The van der Waals surface area contributed by atoms with Crippen molar-refractivity contribution in [1.82, 2.24) is 35.0 Å². The van der Waals surface area contributed by atoms with Crippen molar-refractivity contribution >= 4 is 5.91 Å². The smallest absolute Gasteiger partial charge is 0.275 e. The van der Waals surface area contributed by atoms with Gasteiger partial charge in [-0.05, 0) is 44.0 Å². The summed E-state index contributed by atoms with van der Waals surface area (Å²) < 4.78 is 24.8. The van der Waals surface area contributed by atoms with E-state index < -0.39 is 11.9 Å². The van der Waals surface area contributed by atoms with Gasteiger partial charge in [-0.3, -0.25) is 4.79 Å². The monoisotopic (exact) mass is 449 g/mol. The van der Waals surface area contributed by atoms with Gasteiger partial charge in [0.15, 0.2) is 17.3 Å². The number of halogens is 1. The first-order valence-electron chi connectivity index (χ1n) is 10.4. The summed E-state index contributed by atoms with van der Waals surface area (Å²) >= 11 is 0. The second kappa shape index (κ2) is 8.41. The van der Waals surface area contributed by atoms with Crippen LogP contribution in [0.15, 0.2) is 47.2 Å². The van der Waals surface area contributed by atoms with Gasteiger partial charge in [0, 0.05) is 12.2 Å². The molecule has 33 heavy (non-hydrogen) atoms. The highest BCUT2D eigenvalue weighted by atomic mass is 19.1. The SMILES string of the molecule is COc1c(F)cccc1-c1noc(C2CCCN2C(=O)c2nc(C)ccc2-n2nccn2)n1. The molecule has 0 radical (unpaired) electrons. The summed E-state index contributed by atoms with van der Waals surface area (Å²) in [6.07, 6.45) is 4.48. The minimum Gasteiger partial charge on any atom is -0.493 e. The number of aryl methyl sites for hydroxylation is 1. The normalized spacial score (nSPS) is 15.7. The zero-order chi connectivity index (χ0) is 22.9. The fraction of sp³-hybridized carbons (Fsp3) is 0.273. The Hall–Kier alpha value is -4.15. The van der Waals surface area contributed by atoms with Gasteiger partial charge in [0.25, 0.3) is 5.91 Å². The van der Waals surface area contributed by atoms with Gasteiger partial charge < -0.3 is 14.2 Å². The molecular weight excluding hydrogens is 429 g/mol. The van der Waals surface area contributed by atoms with Crippen LogP contribution >= 0.6 is 0 Å². The Morgan fingerprint density at radius 2 is 2.00 bits per heavy atom. The molecule has 1 fully saturated rings. The lowest BCUT2D eigenvalue weighted by molar-refractivity contribution is 0.0703. The highest BCUT2D eigenvalue weighted by Crippen LogP contribution is 2.35. The van der Waals surface area contributed by atoms with Crippen molar-refractivity contribution in [3.05, 3.63) is 65.8 Å². The van der Waals surface area contributed by atoms with Gasteiger partial charge in [0.2, 0.25) is 11.7 Å². The van der Waals surface area contributed by atoms with Gasteiger partial charge >= 0.3 is 0 Å². The number of hydrogen-bond donors (Lipinski definition) is 0. The molecule has 1 saturated heterocycles. The van der Waals surface area contributed by atoms with Crippen LogP contribution in [0.2, 0.25) is 0 Å². The van der Waals surface area contributed by atoms with E-state index in [4.69, 9.17) is 9.26 Å². The summed E-state index contributed by atoms with van der Waals surface area (Å²) in [5, 5.41) is 12.3. The number of methoxy groups -OCH3 is 1. The van der Waals surface area contributed by atoms with E-state index in [1.54, 1.807) is 29.2 Å². The topological polar surface area (TPSA) is 112 Å². The number of carbonyl (C=O) groups is 1. The maximum Gasteiger partial charge on any atom is 0.275 e. The Morgan fingerprint density at radius 1 is 1.18 bits per heavy atom. The Morgan fingerprint density at radius 3 is 2.79 bits per heavy atom. The van der Waals surface area contributed by atoms with Crippen molar-refractivity contribution in [2.75, 3.05) is 13.7 Å². The van der Waals surface area contributed by atoms with Crippen molar-refractivity contribution in [2.45, 2.75) is 25.8 Å². The van der Waals surface area contributed by atoms with Crippen LogP contribution in [-0.2, 0) is 0 Å². The molecule has 11 heteroatoms. The number of ether oxygens (including phenoxy) is 1. The largest absolute Gasteiger partial charge is 0.493 e. The molecule has 1 aliphatic heterocycles. The molecule has 168 valence electrons. The van der Waals surface area contributed by atoms with Crippen LogP contribution in [-0.4, -0.2) is 54.6 Å². The quantitative estimate of drug-likeness (QED) is 0.457. The van der Waals surface area contributed by atoms with Crippen LogP contribution in [0.25, 0.3) is 17.1 Å². The second-order valence-electron chi connectivity index (χ2n) is 7.57. The Kier molecular flexibility index (Phi) is 5.29. The standard InChI is InChI=1S/C22H20FN7O3/c1-13-8-9-16(30-24-10-11-25-30)18(26-13)22(31)29-12-4-7-17(29)21-27-20(28-33-21)14-5-3-6-15(23)19(14)32-2/h3,5-6,8-11,17H,4,7,12H2,1-2H3. The van der Waals surface area contributed by atoms with E-state index in [2.05, 4.69) is 25.3 Å². The number of rotatable bonds is 5. The van der Waals surface area contributed by atoms with E-state index in [-0.39, 0.29) is 29.1 Å². The second-order valence-corrected chi connectivity index (χ2v) is 7.57. The fourth-order valence-electron chi connectivity index (χ4n) is 3.98. The maximum absolute atomic E-state index is 14.1. The first-order valence-corrected chi connectivity index (χ1v) is 10.4. The third-order valence-corrected chi connectivity index (χ3v) is 5.50. The number of pyridine rings is 1. The van der Waals surface area contributed by atoms with Crippen LogP contribution in [0.4, 0.5) is 4.39 Å². The van der Waals surface area contributed by atoms with Crippen molar-refractivity contribution in [2.24, 2.45) is 0 Å². The fourth-order valence-corrected chi connectivity index (χ4v) is 3.98. The predicted molar refractivity (Wildman–Crippen MR) is 113 cm³/mol. The highest BCUT2D eigenvalue weighted by Gasteiger charge is 2.36. The average molecular weight is 449 g/mol.